The molecule has 0 bridgehead atoms. The number of benzene rings is 3. The molecule has 1 aliphatic heterocycles. The normalized spacial score (nSPS) is 15.6. The minimum absolute atomic E-state index is 0.313. The standard InChI is InChI=1S/C24H19FO3/c1-2-27-19-13-9-17(10-14-19)24-21(15-26)23(16-7-11-18(25)12-8-16)20-5-3-4-6-22(20)28-24/h3-15,23H,2H2,1H3. The van der Waals surface area contributed by atoms with E-state index >= 15 is 0 Å². The van der Waals surface area contributed by atoms with E-state index in [9.17, 15) is 9.18 Å². The molecule has 0 N–H and O–H groups in total. The van der Waals surface area contributed by atoms with Crippen LogP contribution in [0.2, 0.25) is 0 Å². The van der Waals surface area contributed by atoms with Crippen molar-refractivity contribution in [2.45, 2.75) is 12.8 Å². The summed E-state index contributed by atoms with van der Waals surface area (Å²) in [7, 11) is 0. The molecule has 0 saturated heterocycles. The van der Waals surface area contributed by atoms with Crippen molar-refractivity contribution in [2.24, 2.45) is 0 Å². The minimum Gasteiger partial charge on any atom is -0.494 e. The Labute approximate surface area is 163 Å². The number of hydrogen-bond donors (Lipinski definition) is 0. The fourth-order valence-electron chi connectivity index (χ4n) is 3.51. The third-order valence-corrected chi connectivity index (χ3v) is 4.77. The van der Waals surface area contributed by atoms with Gasteiger partial charge in [-0.25, -0.2) is 4.39 Å². The molecule has 4 heteroatoms. The predicted octanol–water partition coefficient (Wildman–Crippen LogP) is 5.36. The molecule has 0 aliphatic carbocycles. The summed E-state index contributed by atoms with van der Waals surface area (Å²) in [6.07, 6.45) is 0.829. The number of hydrogen-bond acceptors (Lipinski definition) is 3. The summed E-state index contributed by atoms with van der Waals surface area (Å²) in [6.45, 7) is 2.51. The highest BCUT2D eigenvalue weighted by molar-refractivity contribution is 5.91. The highest BCUT2D eigenvalue weighted by Crippen LogP contribution is 2.44. The third-order valence-electron chi connectivity index (χ3n) is 4.77. The van der Waals surface area contributed by atoms with Crippen LogP contribution in [-0.2, 0) is 4.79 Å². The number of para-hydroxylation sites is 1. The van der Waals surface area contributed by atoms with E-state index in [-0.39, 0.29) is 11.7 Å². The lowest BCUT2D eigenvalue weighted by Gasteiger charge is -2.29. The topological polar surface area (TPSA) is 35.5 Å². The maximum absolute atomic E-state index is 13.5. The molecule has 1 heterocycles. The quantitative estimate of drug-likeness (QED) is 0.564. The molecule has 0 radical (unpaired) electrons. The van der Waals surface area contributed by atoms with E-state index < -0.39 is 0 Å². The smallest absolute Gasteiger partial charge is 0.150 e. The molecule has 0 saturated carbocycles. The Bertz CT molecular complexity index is 1020. The molecule has 1 aliphatic rings. The van der Waals surface area contributed by atoms with Crippen molar-refractivity contribution in [1.29, 1.82) is 0 Å². The van der Waals surface area contributed by atoms with Gasteiger partial charge in [0.2, 0.25) is 0 Å². The van der Waals surface area contributed by atoms with Gasteiger partial charge in [0.05, 0.1) is 6.61 Å². The molecule has 3 aromatic rings. The molecule has 1 atom stereocenters. The zero-order valence-electron chi connectivity index (χ0n) is 15.4. The van der Waals surface area contributed by atoms with Gasteiger partial charge in [0.15, 0.2) is 6.29 Å². The van der Waals surface area contributed by atoms with Gasteiger partial charge in [-0.1, -0.05) is 30.3 Å². The van der Waals surface area contributed by atoms with Gasteiger partial charge in [0.1, 0.15) is 23.1 Å². The lowest BCUT2D eigenvalue weighted by molar-refractivity contribution is -0.105. The van der Waals surface area contributed by atoms with Crippen molar-refractivity contribution in [2.75, 3.05) is 6.61 Å². The number of carbonyl (C=O) groups is 1. The molecule has 0 aromatic heterocycles. The first kappa shape index (κ1) is 18.0. The Balaban J connectivity index is 1.86. The Morgan fingerprint density at radius 1 is 1.00 bits per heavy atom. The summed E-state index contributed by atoms with van der Waals surface area (Å²) in [6, 6.07) is 21.3. The Kier molecular flexibility index (Phi) is 4.94. The van der Waals surface area contributed by atoms with E-state index in [1.165, 1.54) is 12.1 Å². The minimum atomic E-state index is -0.329. The molecule has 28 heavy (non-hydrogen) atoms. The molecule has 3 nitrogen and oxygen atoms in total. The van der Waals surface area contributed by atoms with Crippen LogP contribution in [0.25, 0.3) is 5.76 Å². The zero-order valence-corrected chi connectivity index (χ0v) is 15.4. The second kappa shape index (κ2) is 7.69. The van der Waals surface area contributed by atoms with Crippen LogP contribution in [0.5, 0.6) is 11.5 Å². The first-order chi connectivity index (χ1) is 13.7. The van der Waals surface area contributed by atoms with Crippen molar-refractivity contribution in [3.05, 3.63) is 101 Å². The summed E-state index contributed by atoms with van der Waals surface area (Å²) >= 11 is 0. The molecule has 140 valence electrons. The fourth-order valence-corrected chi connectivity index (χ4v) is 3.51. The maximum Gasteiger partial charge on any atom is 0.150 e. The van der Waals surface area contributed by atoms with Crippen molar-refractivity contribution < 1.29 is 18.7 Å². The predicted molar refractivity (Wildman–Crippen MR) is 106 cm³/mol. The van der Waals surface area contributed by atoms with Crippen LogP contribution in [-0.4, -0.2) is 12.9 Å². The van der Waals surface area contributed by atoms with Gasteiger partial charge < -0.3 is 9.47 Å². The fraction of sp³-hybridized carbons (Fsp3) is 0.125. The number of fused-ring (bicyclic) bond motifs is 1. The molecule has 3 aromatic carbocycles. The highest BCUT2D eigenvalue weighted by Gasteiger charge is 2.31. The summed E-state index contributed by atoms with van der Waals surface area (Å²) in [5, 5.41) is 0. The van der Waals surface area contributed by atoms with Gasteiger partial charge in [-0.05, 0) is 55.0 Å². The van der Waals surface area contributed by atoms with E-state index in [4.69, 9.17) is 9.47 Å². The molecule has 0 amide bonds. The molecule has 0 spiro atoms. The van der Waals surface area contributed by atoms with Crippen LogP contribution < -0.4 is 9.47 Å². The lowest BCUT2D eigenvalue weighted by atomic mass is 9.82. The van der Waals surface area contributed by atoms with Gasteiger partial charge in [-0.15, -0.1) is 0 Å². The largest absolute Gasteiger partial charge is 0.494 e. The molecule has 1 unspecified atom stereocenters. The van der Waals surface area contributed by atoms with Crippen molar-refractivity contribution in [1.82, 2.24) is 0 Å². The van der Waals surface area contributed by atoms with Crippen molar-refractivity contribution in [3.63, 3.8) is 0 Å². The van der Waals surface area contributed by atoms with E-state index in [2.05, 4.69) is 0 Å². The summed E-state index contributed by atoms with van der Waals surface area (Å²) in [5.41, 5.74) is 3.01. The van der Waals surface area contributed by atoms with Crippen LogP contribution in [0.1, 0.15) is 29.5 Å². The second-order valence-electron chi connectivity index (χ2n) is 6.48. The highest BCUT2D eigenvalue weighted by atomic mass is 19.1. The first-order valence-corrected chi connectivity index (χ1v) is 9.16. The molecular weight excluding hydrogens is 355 g/mol. The number of carbonyl (C=O) groups excluding carboxylic acids is 1. The van der Waals surface area contributed by atoms with Gasteiger partial charge in [-0.3, -0.25) is 4.79 Å². The van der Waals surface area contributed by atoms with Gasteiger partial charge >= 0.3 is 0 Å². The van der Waals surface area contributed by atoms with Crippen LogP contribution in [0.15, 0.2) is 78.4 Å². The third kappa shape index (κ3) is 3.29. The Hall–Kier alpha value is -3.40. The first-order valence-electron chi connectivity index (χ1n) is 9.16. The lowest BCUT2D eigenvalue weighted by Crippen LogP contribution is -2.17. The van der Waals surface area contributed by atoms with E-state index in [0.717, 1.165) is 28.7 Å². The van der Waals surface area contributed by atoms with E-state index in [1.807, 2.05) is 55.5 Å². The molecule has 0 fully saturated rings. The number of ether oxygens (including phenoxy) is 2. The van der Waals surface area contributed by atoms with E-state index in [0.29, 0.717) is 23.7 Å². The van der Waals surface area contributed by atoms with Crippen LogP contribution >= 0.6 is 0 Å². The van der Waals surface area contributed by atoms with Crippen molar-refractivity contribution >= 4 is 12.0 Å². The van der Waals surface area contributed by atoms with Gasteiger partial charge in [0, 0.05) is 22.6 Å². The molecule has 4 rings (SSSR count). The number of aldehydes is 1. The number of allylic oxidation sites excluding steroid dienone is 1. The zero-order chi connectivity index (χ0) is 19.5. The van der Waals surface area contributed by atoms with Crippen LogP contribution in [0.4, 0.5) is 4.39 Å². The number of halogens is 1. The Morgan fingerprint density at radius 2 is 1.71 bits per heavy atom. The van der Waals surface area contributed by atoms with Gasteiger partial charge in [0.25, 0.3) is 0 Å². The summed E-state index contributed by atoms with van der Waals surface area (Å²) in [5.74, 6) is 1.31. The Morgan fingerprint density at radius 3 is 2.39 bits per heavy atom. The molecular formula is C24H19FO3. The monoisotopic (exact) mass is 374 g/mol. The van der Waals surface area contributed by atoms with Crippen LogP contribution in [0.3, 0.4) is 0 Å². The summed E-state index contributed by atoms with van der Waals surface area (Å²) in [4.78, 5) is 12.1. The van der Waals surface area contributed by atoms with Crippen molar-refractivity contribution in [3.8, 4) is 11.5 Å². The average molecular weight is 374 g/mol. The number of rotatable bonds is 5. The SMILES string of the molecule is CCOc1ccc(C2=C(C=O)C(c3ccc(F)cc3)c3ccccc3O2)cc1. The maximum atomic E-state index is 13.5. The van der Waals surface area contributed by atoms with Crippen LogP contribution in [0, 0.1) is 5.82 Å². The van der Waals surface area contributed by atoms with E-state index in [1.54, 1.807) is 12.1 Å². The second-order valence-corrected chi connectivity index (χ2v) is 6.48. The van der Waals surface area contributed by atoms with Gasteiger partial charge in [-0.2, -0.15) is 0 Å². The average Bonchev–Trinajstić information content (AvgIpc) is 2.74. The summed E-state index contributed by atoms with van der Waals surface area (Å²) < 4.78 is 25.1.